The van der Waals surface area contributed by atoms with Crippen molar-refractivity contribution in [3.05, 3.63) is 0 Å². The van der Waals surface area contributed by atoms with E-state index in [0.29, 0.717) is 0 Å². The van der Waals surface area contributed by atoms with Crippen LogP contribution in [0.4, 0.5) is 0 Å². The van der Waals surface area contributed by atoms with Gasteiger partial charge in [-0.2, -0.15) is 11.8 Å². The molecule has 0 amide bonds. The van der Waals surface area contributed by atoms with Gasteiger partial charge < -0.3 is 10.4 Å². The Morgan fingerprint density at radius 3 is 2.83 bits per heavy atom. The van der Waals surface area contributed by atoms with Crippen molar-refractivity contribution in [2.45, 2.75) is 18.9 Å². The molecule has 2 atom stereocenters. The van der Waals surface area contributed by atoms with Crippen molar-refractivity contribution in [2.24, 2.45) is 5.92 Å². The minimum absolute atomic E-state index is 0.133. The van der Waals surface area contributed by atoms with E-state index in [9.17, 15) is 4.79 Å². The molecule has 0 saturated heterocycles. The molecule has 1 rings (SSSR count). The van der Waals surface area contributed by atoms with Crippen LogP contribution in [0.3, 0.4) is 0 Å². The van der Waals surface area contributed by atoms with Gasteiger partial charge >= 0.3 is 5.97 Å². The summed E-state index contributed by atoms with van der Waals surface area (Å²) in [5.41, 5.74) is 0. The Labute approximate surface area is 76.9 Å². The molecule has 0 aliphatic heterocycles. The largest absolute Gasteiger partial charge is 0.481 e. The van der Waals surface area contributed by atoms with E-state index in [2.05, 4.69) is 11.6 Å². The molecule has 70 valence electrons. The van der Waals surface area contributed by atoms with Gasteiger partial charge in [0.05, 0.1) is 5.92 Å². The van der Waals surface area contributed by atoms with Crippen molar-refractivity contribution in [3.63, 3.8) is 0 Å². The predicted octanol–water partition coefficient (Wildman–Crippen LogP) is 0.802. The molecule has 1 saturated carbocycles. The van der Waals surface area contributed by atoms with Crippen molar-refractivity contribution in [3.8, 4) is 0 Å². The smallest absolute Gasteiger partial charge is 0.308 e. The minimum Gasteiger partial charge on any atom is -0.481 e. The Kier molecular flexibility index (Phi) is 3.88. The van der Waals surface area contributed by atoms with Gasteiger partial charge in [0.15, 0.2) is 0 Å². The number of carboxylic acids is 1. The van der Waals surface area contributed by atoms with Crippen molar-refractivity contribution < 1.29 is 9.90 Å². The van der Waals surface area contributed by atoms with Gasteiger partial charge in [0.2, 0.25) is 0 Å². The molecule has 12 heavy (non-hydrogen) atoms. The molecule has 0 aromatic rings. The van der Waals surface area contributed by atoms with E-state index in [0.717, 1.165) is 25.1 Å². The van der Waals surface area contributed by atoms with E-state index in [4.69, 9.17) is 5.11 Å². The highest BCUT2D eigenvalue weighted by molar-refractivity contribution is 7.98. The first-order valence-electron chi connectivity index (χ1n) is 4.21. The Morgan fingerprint density at radius 2 is 2.42 bits per heavy atom. The van der Waals surface area contributed by atoms with E-state index in [1.54, 1.807) is 11.8 Å². The molecule has 0 spiro atoms. The molecule has 2 N–H and O–H groups in total. The third-order valence-corrected chi connectivity index (χ3v) is 2.92. The standard InChI is InChI=1S/C8H15NO2S/c1-12-5-4-9-7-3-2-6(7)8(10)11/h6-7,9H,2-5H2,1H3,(H,10,11). The molecule has 0 radical (unpaired) electrons. The highest BCUT2D eigenvalue weighted by atomic mass is 32.2. The first-order chi connectivity index (χ1) is 5.75. The van der Waals surface area contributed by atoms with Crippen LogP contribution in [0, 0.1) is 5.92 Å². The Bertz CT molecular complexity index is 163. The summed E-state index contributed by atoms with van der Waals surface area (Å²) in [5, 5.41) is 12.0. The van der Waals surface area contributed by atoms with Crippen LogP contribution < -0.4 is 5.32 Å². The third-order valence-electron chi connectivity index (χ3n) is 2.30. The van der Waals surface area contributed by atoms with Gasteiger partial charge in [-0.05, 0) is 19.1 Å². The lowest BCUT2D eigenvalue weighted by atomic mass is 9.80. The fourth-order valence-electron chi connectivity index (χ4n) is 1.39. The molecule has 1 aliphatic rings. The summed E-state index contributed by atoms with van der Waals surface area (Å²) in [6, 6.07) is 0.231. The Balaban J connectivity index is 2.12. The van der Waals surface area contributed by atoms with Crippen LogP contribution in [-0.4, -0.2) is 35.7 Å². The van der Waals surface area contributed by atoms with Crippen LogP contribution in [0.1, 0.15) is 12.8 Å². The van der Waals surface area contributed by atoms with E-state index in [1.807, 2.05) is 0 Å². The number of thioether (sulfide) groups is 1. The molecule has 2 unspecified atom stereocenters. The molecular weight excluding hydrogens is 174 g/mol. The van der Waals surface area contributed by atoms with Crippen LogP contribution in [0.2, 0.25) is 0 Å². The first kappa shape index (κ1) is 9.86. The number of carbonyl (C=O) groups is 1. The zero-order valence-corrected chi connectivity index (χ0v) is 8.06. The first-order valence-corrected chi connectivity index (χ1v) is 5.60. The zero-order chi connectivity index (χ0) is 8.97. The Hall–Kier alpha value is -0.220. The van der Waals surface area contributed by atoms with Crippen LogP contribution in [-0.2, 0) is 4.79 Å². The predicted molar refractivity (Wildman–Crippen MR) is 50.5 cm³/mol. The fourth-order valence-corrected chi connectivity index (χ4v) is 1.71. The molecule has 4 heteroatoms. The van der Waals surface area contributed by atoms with E-state index in [1.165, 1.54) is 0 Å². The highest BCUT2D eigenvalue weighted by Gasteiger charge is 2.35. The van der Waals surface area contributed by atoms with Crippen LogP contribution in [0.5, 0.6) is 0 Å². The van der Waals surface area contributed by atoms with Crippen molar-refractivity contribution >= 4 is 17.7 Å². The normalized spacial score (nSPS) is 28.1. The molecule has 0 aromatic carbocycles. The molecule has 0 heterocycles. The SMILES string of the molecule is CSCCNC1CCC1C(=O)O. The van der Waals surface area contributed by atoms with Gasteiger partial charge in [0.1, 0.15) is 0 Å². The van der Waals surface area contributed by atoms with E-state index >= 15 is 0 Å². The number of carboxylic acid groups (broad SMARTS) is 1. The number of aliphatic carboxylic acids is 1. The lowest BCUT2D eigenvalue weighted by Crippen LogP contribution is -2.48. The van der Waals surface area contributed by atoms with E-state index < -0.39 is 5.97 Å². The molecule has 1 fully saturated rings. The second kappa shape index (κ2) is 4.72. The lowest BCUT2D eigenvalue weighted by Gasteiger charge is -2.34. The van der Waals surface area contributed by atoms with E-state index in [-0.39, 0.29) is 12.0 Å². The number of hydrogen-bond acceptors (Lipinski definition) is 3. The summed E-state index contributed by atoms with van der Waals surface area (Å²) in [6.07, 6.45) is 3.91. The summed E-state index contributed by atoms with van der Waals surface area (Å²) in [4.78, 5) is 10.6. The van der Waals surface area contributed by atoms with Crippen LogP contribution in [0.15, 0.2) is 0 Å². The molecule has 3 nitrogen and oxygen atoms in total. The molecule has 1 aliphatic carbocycles. The minimum atomic E-state index is -0.650. The summed E-state index contributed by atoms with van der Waals surface area (Å²) in [6.45, 7) is 0.926. The Morgan fingerprint density at radius 1 is 1.67 bits per heavy atom. The quantitative estimate of drug-likeness (QED) is 0.628. The van der Waals surface area contributed by atoms with Crippen molar-refractivity contribution in [1.82, 2.24) is 5.32 Å². The molecule has 0 aromatic heterocycles. The average molecular weight is 189 g/mol. The van der Waals surface area contributed by atoms with Crippen molar-refractivity contribution in [2.75, 3.05) is 18.6 Å². The fraction of sp³-hybridized carbons (Fsp3) is 0.875. The van der Waals surface area contributed by atoms with Crippen molar-refractivity contribution in [1.29, 1.82) is 0 Å². The topological polar surface area (TPSA) is 49.3 Å². The van der Waals surface area contributed by atoms with Gasteiger partial charge in [-0.3, -0.25) is 4.79 Å². The maximum atomic E-state index is 10.6. The second-order valence-electron chi connectivity index (χ2n) is 3.08. The monoisotopic (exact) mass is 189 g/mol. The number of hydrogen-bond donors (Lipinski definition) is 2. The number of rotatable bonds is 5. The van der Waals surface area contributed by atoms with Crippen LogP contribution in [0.25, 0.3) is 0 Å². The van der Waals surface area contributed by atoms with Gasteiger partial charge in [-0.25, -0.2) is 0 Å². The van der Waals surface area contributed by atoms with Gasteiger partial charge in [-0.15, -0.1) is 0 Å². The zero-order valence-electron chi connectivity index (χ0n) is 7.25. The summed E-state index contributed by atoms with van der Waals surface area (Å²) < 4.78 is 0. The summed E-state index contributed by atoms with van der Waals surface area (Å²) in [7, 11) is 0. The van der Waals surface area contributed by atoms with Gasteiger partial charge in [0, 0.05) is 18.3 Å². The maximum Gasteiger partial charge on any atom is 0.308 e. The third kappa shape index (κ3) is 2.38. The van der Waals surface area contributed by atoms with Gasteiger partial charge in [-0.1, -0.05) is 0 Å². The molecule has 0 bridgehead atoms. The molecular formula is C8H15NO2S. The second-order valence-corrected chi connectivity index (χ2v) is 4.06. The van der Waals surface area contributed by atoms with Gasteiger partial charge in [0.25, 0.3) is 0 Å². The average Bonchev–Trinajstić information content (AvgIpc) is 1.94. The summed E-state index contributed by atoms with van der Waals surface area (Å²) >= 11 is 1.78. The lowest BCUT2D eigenvalue weighted by molar-refractivity contribution is -0.145. The summed E-state index contributed by atoms with van der Waals surface area (Å²) in [5.74, 6) is 0.276. The maximum absolute atomic E-state index is 10.6. The number of nitrogens with one attached hydrogen (secondary N) is 1. The highest BCUT2D eigenvalue weighted by Crippen LogP contribution is 2.27. The van der Waals surface area contributed by atoms with Crippen LogP contribution >= 0.6 is 11.8 Å².